The smallest absolute Gasteiger partial charge is 0.344 e. The molecule has 8 heteroatoms. The van der Waals surface area contributed by atoms with Crippen molar-refractivity contribution in [2.45, 2.75) is 12.5 Å². The van der Waals surface area contributed by atoms with Crippen molar-refractivity contribution < 1.29 is 19.1 Å². The minimum absolute atomic E-state index is 0.139. The third kappa shape index (κ3) is 3.55. The average molecular weight is 368 g/mol. The van der Waals surface area contributed by atoms with Crippen LogP contribution in [0.2, 0.25) is 0 Å². The van der Waals surface area contributed by atoms with Crippen molar-refractivity contribution in [3.63, 3.8) is 0 Å². The van der Waals surface area contributed by atoms with Crippen LogP contribution in [0.4, 0.5) is 10.5 Å². The molecule has 27 heavy (non-hydrogen) atoms. The van der Waals surface area contributed by atoms with Crippen LogP contribution in [-0.2, 0) is 15.1 Å². The average Bonchev–Trinajstić information content (AvgIpc) is 2.91. The largest absolute Gasteiger partial charge is 0.495 e. The number of ether oxygens (including phenoxy) is 1. The SMILES string of the molecule is COc1ccccc1NCC(=O)NN1C(=O)N[C@@](C)(c2ccccc2)C1=O. The first-order chi connectivity index (χ1) is 13.0. The number of para-hydroxylation sites is 2. The summed E-state index contributed by atoms with van der Waals surface area (Å²) in [5.74, 6) is -0.511. The lowest BCUT2D eigenvalue weighted by molar-refractivity contribution is -0.138. The molecule has 0 aromatic heterocycles. The number of urea groups is 1. The molecule has 0 spiro atoms. The molecule has 1 saturated heterocycles. The van der Waals surface area contributed by atoms with Crippen molar-refractivity contribution >= 4 is 23.5 Å². The molecule has 0 bridgehead atoms. The second-order valence-corrected chi connectivity index (χ2v) is 6.15. The standard InChI is InChI=1S/C19H20N4O4/c1-19(13-8-4-3-5-9-13)17(25)23(18(26)21-19)22-16(24)12-20-14-10-6-7-11-15(14)27-2/h3-11,20H,12H2,1-2H3,(H,21,26)(H,22,24)/t19-/m0/s1. The molecule has 8 nitrogen and oxygen atoms in total. The molecule has 1 aliphatic rings. The predicted molar refractivity (Wildman–Crippen MR) is 98.8 cm³/mol. The zero-order valence-corrected chi connectivity index (χ0v) is 15.0. The van der Waals surface area contributed by atoms with Crippen LogP contribution >= 0.6 is 0 Å². The predicted octanol–water partition coefficient (Wildman–Crippen LogP) is 1.61. The molecule has 3 N–H and O–H groups in total. The van der Waals surface area contributed by atoms with E-state index in [0.717, 1.165) is 0 Å². The van der Waals surface area contributed by atoms with Crippen molar-refractivity contribution in [1.82, 2.24) is 15.8 Å². The van der Waals surface area contributed by atoms with E-state index in [9.17, 15) is 14.4 Å². The lowest BCUT2D eigenvalue weighted by Crippen LogP contribution is -2.49. The number of imide groups is 1. The monoisotopic (exact) mass is 368 g/mol. The van der Waals surface area contributed by atoms with Crippen LogP contribution in [0.1, 0.15) is 12.5 Å². The van der Waals surface area contributed by atoms with Gasteiger partial charge in [-0.25, -0.2) is 4.79 Å². The highest BCUT2D eigenvalue weighted by atomic mass is 16.5. The van der Waals surface area contributed by atoms with Gasteiger partial charge in [0.15, 0.2) is 0 Å². The molecule has 1 atom stereocenters. The van der Waals surface area contributed by atoms with E-state index in [-0.39, 0.29) is 6.54 Å². The number of amides is 4. The summed E-state index contributed by atoms with van der Waals surface area (Å²) in [4.78, 5) is 37.2. The van der Waals surface area contributed by atoms with Gasteiger partial charge in [0.05, 0.1) is 19.3 Å². The quantitative estimate of drug-likeness (QED) is 0.673. The Morgan fingerprint density at radius 1 is 1.11 bits per heavy atom. The van der Waals surface area contributed by atoms with Crippen molar-refractivity contribution in [2.75, 3.05) is 19.0 Å². The second-order valence-electron chi connectivity index (χ2n) is 6.15. The second kappa shape index (κ2) is 7.36. The molecule has 0 radical (unpaired) electrons. The first kappa shape index (κ1) is 18.2. The lowest BCUT2D eigenvalue weighted by atomic mass is 9.92. The van der Waals surface area contributed by atoms with E-state index in [1.54, 1.807) is 49.4 Å². The van der Waals surface area contributed by atoms with Crippen LogP contribution in [0, 0.1) is 0 Å². The van der Waals surface area contributed by atoms with Crippen LogP contribution < -0.4 is 20.8 Å². The number of benzene rings is 2. The molecule has 1 aliphatic heterocycles. The molecule has 140 valence electrons. The van der Waals surface area contributed by atoms with Crippen LogP contribution in [0.5, 0.6) is 5.75 Å². The number of nitrogens with zero attached hydrogens (tertiary/aromatic N) is 1. The Morgan fingerprint density at radius 3 is 2.48 bits per heavy atom. The molecular formula is C19H20N4O4. The zero-order chi connectivity index (χ0) is 19.4. The summed E-state index contributed by atoms with van der Waals surface area (Å²) < 4.78 is 5.20. The van der Waals surface area contributed by atoms with E-state index >= 15 is 0 Å². The molecule has 3 rings (SSSR count). The highest BCUT2D eigenvalue weighted by Gasteiger charge is 2.49. The number of hydrogen-bond acceptors (Lipinski definition) is 5. The maximum Gasteiger partial charge on any atom is 0.344 e. The van der Waals surface area contributed by atoms with E-state index < -0.39 is 23.4 Å². The first-order valence-corrected chi connectivity index (χ1v) is 8.34. The van der Waals surface area contributed by atoms with E-state index in [1.165, 1.54) is 7.11 Å². The fraction of sp³-hybridized carbons (Fsp3) is 0.211. The maximum atomic E-state index is 12.7. The summed E-state index contributed by atoms with van der Waals surface area (Å²) in [6, 6.07) is 15.3. The van der Waals surface area contributed by atoms with Crippen LogP contribution in [-0.4, -0.2) is 36.5 Å². The number of hydrazine groups is 1. The van der Waals surface area contributed by atoms with Gasteiger partial charge in [-0.2, -0.15) is 5.01 Å². The number of methoxy groups -OCH3 is 1. The zero-order valence-electron chi connectivity index (χ0n) is 15.0. The van der Waals surface area contributed by atoms with Gasteiger partial charge in [-0.15, -0.1) is 0 Å². The highest BCUT2D eigenvalue weighted by Crippen LogP contribution is 2.27. The van der Waals surface area contributed by atoms with E-state index in [0.29, 0.717) is 22.0 Å². The number of carbonyl (C=O) groups is 3. The molecule has 2 aromatic rings. The number of nitrogens with one attached hydrogen (secondary N) is 3. The van der Waals surface area contributed by atoms with Gasteiger partial charge in [0, 0.05) is 0 Å². The van der Waals surface area contributed by atoms with Gasteiger partial charge in [-0.05, 0) is 24.6 Å². The number of carbonyl (C=O) groups excluding carboxylic acids is 3. The third-order valence-electron chi connectivity index (χ3n) is 4.32. The molecule has 0 saturated carbocycles. The van der Waals surface area contributed by atoms with Gasteiger partial charge in [-0.3, -0.25) is 15.0 Å². The van der Waals surface area contributed by atoms with Crippen LogP contribution in [0.15, 0.2) is 54.6 Å². The Labute approximate surface area is 156 Å². The number of hydrogen-bond donors (Lipinski definition) is 3. The third-order valence-corrected chi connectivity index (χ3v) is 4.32. The van der Waals surface area contributed by atoms with Crippen LogP contribution in [0.3, 0.4) is 0 Å². The van der Waals surface area contributed by atoms with Crippen molar-refractivity contribution in [3.05, 3.63) is 60.2 Å². The Morgan fingerprint density at radius 2 is 1.78 bits per heavy atom. The van der Waals surface area contributed by atoms with Crippen molar-refractivity contribution in [2.24, 2.45) is 0 Å². The van der Waals surface area contributed by atoms with Gasteiger partial charge in [0.2, 0.25) is 0 Å². The minimum atomic E-state index is -1.23. The van der Waals surface area contributed by atoms with Gasteiger partial charge in [0.25, 0.3) is 11.8 Å². The van der Waals surface area contributed by atoms with Gasteiger partial charge in [-0.1, -0.05) is 42.5 Å². The molecule has 4 amide bonds. The summed E-state index contributed by atoms with van der Waals surface area (Å²) in [7, 11) is 1.53. The molecule has 0 aliphatic carbocycles. The van der Waals surface area contributed by atoms with Crippen molar-refractivity contribution in [1.29, 1.82) is 0 Å². The minimum Gasteiger partial charge on any atom is -0.495 e. The molecule has 1 fully saturated rings. The van der Waals surface area contributed by atoms with E-state index in [1.807, 2.05) is 12.1 Å². The van der Waals surface area contributed by atoms with Crippen molar-refractivity contribution in [3.8, 4) is 5.75 Å². The normalized spacial score (nSPS) is 18.8. The lowest BCUT2D eigenvalue weighted by Gasteiger charge is -2.22. The fourth-order valence-electron chi connectivity index (χ4n) is 2.84. The number of rotatable bonds is 6. The molecule has 2 aromatic carbocycles. The molecule has 1 heterocycles. The first-order valence-electron chi connectivity index (χ1n) is 8.34. The maximum absolute atomic E-state index is 12.7. The highest BCUT2D eigenvalue weighted by molar-refractivity contribution is 6.08. The summed E-state index contributed by atoms with van der Waals surface area (Å²) in [6.07, 6.45) is 0. The Bertz CT molecular complexity index is 871. The van der Waals surface area contributed by atoms with Gasteiger partial charge < -0.3 is 15.4 Å². The van der Waals surface area contributed by atoms with E-state index in [4.69, 9.17) is 4.74 Å². The fourth-order valence-corrected chi connectivity index (χ4v) is 2.84. The summed E-state index contributed by atoms with van der Waals surface area (Å²) >= 11 is 0. The Kier molecular flexibility index (Phi) is 4.98. The van der Waals surface area contributed by atoms with Crippen LogP contribution in [0.25, 0.3) is 0 Å². The van der Waals surface area contributed by atoms with Gasteiger partial charge >= 0.3 is 6.03 Å². The molecular weight excluding hydrogens is 348 g/mol. The summed E-state index contributed by atoms with van der Waals surface area (Å²) in [6.45, 7) is 1.46. The topological polar surface area (TPSA) is 99.8 Å². The van der Waals surface area contributed by atoms with Gasteiger partial charge in [0.1, 0.15) is 11.3 Å². The number of anilines is 1. The summed E-state index contributed by atoms with van der Waals surface area (Å²) in [5, 5.41) is 6.25. The Hall–Kier alpha value is -3.55. The van der Waals surface area contributed by atoms with E-state index in [2.05, 4.69) is 16.1 Å². The Balaban J connectivity index is 1.66. The molecule has 0 unspecified atom stereocenters. The summed E-state index contributed by atoms with van der Waals surface area (Å²) in [5.41, 5.74) is 2.36.